The number of aliphatic carboxylic acids is 1. The molecule has 12 heavy (non-hydrogen) atoms. The summed E-state index contributed by atoms with van der Waals surface area (Å²) in [5, 5.41) is 8.42. The second kappa shape index (κ2) is 5.72. The van der Waals surface area contributed by atoms with Gasteiger partial charge in [-0.1, -0.05) is 6.30 Å². The standard InChI is InChI=1S/C7H11O4P/c1-11-7(10)4-5(12-2)3-6(8)9/h5H,2-4H2,1H3,(H,8,9). The van der Waals surface area contributed by atoms with Gasteiger partial charge in [0.1, 0.15) is 0 Å². The molecule has 0 fully saturated rings. The van der Waals surface area contributed by atoms with Gasteiger partial charge in [-0.2, -0.15) is 0 Å². The van der Waals surface area contributed by atoms with E-state index in [0.29, 0.717) is 8.20 Å². The lowest BCUT2D eigenvalue weighted by atomic mass is 10.2. The summed E-state index contributed by atoms with van der Waals surface area (Å²) in [4.78, 5) is 21.0. The van der Waals surface area contributed by atoms with Crippen LogP contribution in [0.4, 0.5) is 0 Å². The molecule has 0 radical (unpaired) electrons. The Balaban J connectivity index is 3.90. The molecular formula is C7H11O4P. The maximum atomic E-state index is 10.7. The summed E-state index contributed by atoms with van der Waals surface area (Å²) < 4.78 is 4.40. The number of carbonyl (C=O) groups is 2. The number of carboxylic acid groups (broad SMARTS) is 1. The summed E-state index contributed by atoms with van der Waals surface area (Å²) in [6.45, 7) is 0. The Morgan fingerprint density at radius 3 is 2.50 bits per heavy atom. The predicted octanol–water partition coefficient (Wildman–Crippen LogP) is 0.771. The highest BCUT2D eigenvalue weighted by Gasteiger charge is 2.14. The summed E-state index contributed by atoms with van der Waals surface area (Å²) in [5.74, 6) is -1.31. The van der Waals surface area contributed by atoms with E-state index in [2.05, 4.69) is 11.0 Å². The number of carbonyl (C=O) groups excluding carboxylic acids is 1. The Labute approximate surface area is 72.3 Å². The first-order valence-electron chi connectivity index (χ1n) is 3.34. The SMILES string of the molecule is C=PC(CC(=O)O)CC(=O)OC. The molecular weight excluding hydrogens is 179 g/mol. The molecule has 0 bridgehead atoms. The van der Waals surface area contributed by atoms with Gasteiger partial charge in [0.15, 0.2) is 0 Å². The summed E-state index contributed by atoms with van der Waals surface area (Å²) in [6.07, 6.45) is 3.60. The van der Waals surface area contributed by atoms with Crippen LogP contribution < -0.4 is 0 Å². The molecule has 0 heterocycles. The summed E-state index contributed by atoms with van der Waals surface area (Å²) in [7, 11) is 1.94. The van der Waals surface area contributed by atoms with Gasteiger partial charge >= 0.3 is 11.9 Å². The van der Waals surface area contributed by atoms with Crippen molar-refractivity contribution in [3.63, 3.8) is 0 Å². The van der Waals surface area contributed by atoms with E-state index in [-0.39, 0.29) is 18.5 Å². The van der Waals surface area contributed by atoms with Crippen molar-refractivity contribution in [3.05, 3.63) is 0 Å². The quantitative estimate of drug-likeness (QED) is 0.513. The van der Waals surface area contributed by atoms with Gasteiger partial charge in [0, 0.05) is 5.66 Å². The van der Waals surface area contributed by atoms with Crippen LogP contribution in [0.1, 0.15) is 12.8 Å². The minimum Gasteiger partial charge on any atom is -0.481 e. The van der Waals surface area contributed by atoms with Crippen molar-refractivity contribution in [2.24, 2.45) is 0 Å². The smallest absolute Gasteiger partial charge is 0.306 e. The van der Waals surface area contributed by atoms with Crippen LogP contribution in [-0.4, -0.2) is 36.1 Å². The third kappa shape index (κ3) is 4.85. The van der Waals surface area contributed by atoms with Crippen LogP contribution in [0.15, 0.2) is 0 Å². The Bertz CT molecular complexity index is 190. The van der Waals surface area contributed by atoms with Crippen LogP contribution in [0.2, 0.25) is 0 Å². The predicted molar refractivity (Wildman–Crippen MR) is 46.7 cm³/mol. The maximum Gasteiger partial charge on any atom is 0.306 e. The highest BCUT2D eigenvalue weighted by Crippen LogP contribution is 2.15. The van der Waals surface area contributed by atoms with Gasteiger partial charge < -0.3 is 9.84 Å². The number of hydrogen-bond acceptors (Lipinski definition) is 3. The van der Waals surface area contributed by atoms with Gasteiger partial charge in [-0.25, -0.2) is 0 Å². The summed E-state index contributed by atoms with van der Waals surface area (Å²) in [5.41, 5.74) is -0.241. The van der Waals surface area contributed by atoms with Crippen LogP contribution in [0.25, 0.3) is 0 Å². The zero-order chi connectivity index (χ0) is 9.56. The maximum absolute atomic E-state index is 10.7. The zero-order valence-corrected chi connectivity index (χ0v) is 7.71. The molecule has 5 heteroatoms. The van der Waals surface area contributed by atoms with E-state index in [1.807, 2.05) is 0 Å². The van der Waals surface area contributed by atoms with Crippen molar-refractivity contribution in [1.82, 2.24) is 0 Å². The molecule has 0 aliphatic heterocycles. The number of rotatable bonds is 5. The highest BCUT2D eigenvalue weighted by atomic mass is 31.1. The van der Waals surface area contributed by atoms with Crippen LogP contribution in [-0.2, 0) is 14.3 Å². The number of ether oxygens (including phenoxy) is 1. The van der Waals surface area contributed by atoms with E-state index in [1.165, 1.54) is 7.11 Å². The van der Waals surface area contributed by atoms with Crippen LogP contribution in [0.3, 0.4) is 0 Å². The number of methoxy groups -OCH3 is 1. The van der Waals surface area contributed by atoms with Gasteiger partial charge in [-0.05, 0) is 0 Å². The van der Waals surface area contributed by atoms with Crippen molar-refractivity contribution < 1.29 is 19.4 Å². The van der Waals surface area contributed by atoms with Crippen molar-refractivity contribution in [1.29, 1.82) is 0 Å². The zero-order valence-electron chi connectivity index (χ0n) is 6.82. The Morgan fingerprint density at radius 1 is 1.58 bits per heavy atom. The van der Waals surface area contributed by atoms with Gasteiger partial charge in [-0.3, -0.25) is 9.59 Å². The molecule has 0 rings (SSSR count). The van der Waals surface area contributed by atoms with E-state index in [0.717, 1.165) is 0 Å². The first-order chi connectivity index (χ1) is 5.60. The lowest BCUT2D eigenvalue weighted by Gasteiger charge is -2.06. The van der Waals surface area contributed by atoms with Crippen LogP contribution in [0.5, 0.6) is 0 Å². The minimum absolute atomic E-state index is 0.0415. The third-order valence-corrected chi connectivity index (χ3v) is 2.18. The van der Waals surface area contributed by atoms with E-state index in [4.69, 9.17) is 5.11 Å². The monoisotopic (exact) mass is 190 g/mol. The lowest BCUT2D eigenvalue weighted by molar-refractivity contribution is -0.141. The van der Waals surface area contributed by atoms with Gasteiger partial charge in [0.05, 0.1) is 20.0 Å². The van der Waals surface area contributed by atoms with Crippen molar-refractivity contribution in [3.8, 4) is 0 Å². The molecule has 0 aliphatic carbocycles. The largest absolute Gasteiger partial charge is 0.481 e. The molecule has 0 aromatic carbocycles. The molecule has 0 aliphatic rings. The van der Waals surface area contributed by atoms with E-state index in [1.54, 1.807) is 0 Å². The van der Waals surface area contributed by atoms with Crippen LogP contribution >= 0.6 is 8.20 Å². The van der Waals surface area contributed by atoms with Crippen molar-refractivity contribution in [2.75, 3.05) is 7.11 Å². The molecule has 0 spiro atoms. The number of esters is 1. The second-order valence-electron chi connectivity index (χ2n) is 2.21. The second-order valence-corrected chi connectivity index (χ2v) is 3.31. The fourth-order valence-electron chi connectivity index (χ4n) is 0.679. The van der Waals surface area contributed by atoms with E-state index < -0.39 is 11.9 Å². The lowest BCUT2D eigenvalue weighted by Crippen LogP contribution is -2.13. The van der Waals surface area contributed by atoms with Crippen molar-refractivity contribution in [2.45, 2.75) is 18.5 Å². The average Bonchev–Trinajstić information content (AvgIpc) is 2.02. The number of hydrogen-bond donors (Lipinski definition) is 1. The first-order valence-corrected chi connectivity index (χ1v) is 4.49. The molecule has 0 saturated carbocycles. The topological polar surface area (TPSA) is 63.6 Å². The first kappa shape index (κ1) is 11.1. The third-order valence-electron chi connectivity index (χ3n) is 1.30. The van der Waals surface area contributed by atoms with Gasteiger partial charge in [0.2, 0.25) is 0 Å². The Hall–Kier alpha value is -0.890. The van der Waals surface area contributed by atoms with Crippen molar-refractivity contribution >= 4 is 26.4 Å². The summed E-state index contributed by atoms with van der Waals surface area (Å²) >= 11 is 0. The molecule has 0 amide bonds. The molecule has 1 unspecified atom stereocenters. The van der Waals surface area contributed by atoms with E-state index >= 15 is 0 Å². The van der Waals surface area contributed by atoms with Gasteiger partial charge in [0.25, 0.3) is 0 Å². The van der Waals surface area contributed by atoms with Gasteiger partial charge in [-0.15, -0.1) is 8.20 Å². The number of carboxylic acids is 1. The molecule has 0 aromatic heterocycles. The van der Waals surface area contributed by atoms with E-state index in [9.17, 15) is 9.59 Å². The Kier molecular flexibility index (Phi) is 5.30. The molecule has 0 aromatic rings. The molecule has 4 nitrogen and oxygen atoms in total. The highest BCUT2D eigenvalue weighted by molar-refractivity contribution is 7.37. The molecule has 0 saturated heterocycles. The van der Waals surface area contributed by atoms with Crippen LogP contribution in [0, 0.1) is 0 Å². The minimum atomic E-state index is -0.917. The molecule has 68 valence electrons. The Morgan fingerprint density at radius 2 is 2.17 bits per heavy atom. The fraction of sp³-hybridized carbons (Fsp3) is 0.571. The average molecular weight is 190 g/mol. The summed E-state index contributed by atoms with van der Waals surface area (Å²) in [6, 6.07) is 0. The fourth-order valence-corrected chi connectivity index (χ4v) is 1.24. The molecule has 1 atom stereocenters. The normalized spacial score (nSPS) is 12.4. The molecule has 1 N–H and O–H groups in total.